The molecule has 0 amide bonds. The van der Waals surface area contributed by atoms with Crippen molar-refractivity contribution in [3.8, 4) is 0 Å². The lowest BCUT2D eigenvalue weighted by molar-refractivity contribution is -0.141. The summed E-state index contributed by atoms with van der Waals surface area (Å²) in [5.74, 6) is 0.107. The first-order valence-electron chi connectivity index (χ1n) is 6.19. The number of halogens is 3. The fourth-order valence-corrected chi connectivity index (χ4v) is 1.75. The number of hydrogen-bond donors (Lipinski definition) is 2. The highest BCUT2D eigenvalue weighted by molar-refractivity contribution is 5.74. The highest BCUT2D eigenvalue weighted by Gasteiger charge is 2.33. The molecule has 21 heavy (non-hydrogen) atoms. The van der Waals surface area contributed by atoms with Gasteiger partial charge < -0.3 is 10.6 Å². The number of aromatic nitrogens is 1. The smallest absolute Gasteiger partial charge is 0.388 e. The van der Waals surface area contributed by atoms with Crippen LogP contribution in [0.2, 0.25) is 0 Å². The molecule has 0 saturated carbocycles. The minimum absolute atomic E-state index is 0.107. The van der Waals surface area contributed by atoms with Gasteiger partial charge in [0.1, 0.15) is 11.5 Å². The second-order valence-corrected chi connectivity index (χ2v) is 4.31. The molecule has 0 aliphatic carbocycles. The van der Waals surface area contributed by atoms with Gasteiger partial charge in [-0.3, -0.25) is 0 Å². The summed E-state index contributed by atoms with van der Waals surface area (Å²) in [5, 5.41) is 5.70. The molecule has 2 N–H and O–H groups in total. The fourth-order valence-electron chi connectivity index (χ4n) is 1.75. The van der Waals surface area contributed by atoms with Crippen LogP contribution in [0.4, 0.5) is 24.7 Å². The first kappa shape index (κ1) is 14.9. The van der Waals surface area contributed by atoms with Gasteiger partial charge in [0.15, 0.2) is 0 Å². The van der Waals surface area contributed by atoms with Crippen molar-refractivity contribution >= 4 is 17.2 Å². The molecular weight excluding hydrogens is 279 g/mol. The van der Waals surface area contributed by atoms with E-state index in [4.69, 9.17) is 0 Å². The van der Waals surface area contributed by atoms with Gasteiger partial charge in [-0.2, -0.15) is 13.2 Å². The lowest BCUT2D eigenvalue weighted by Crippen LogP contribution is -2.12. The van der Waals surface area contributed by atoms with Gasteiger partial charge in [-0.1, -0.05) is 24.8 Å². The molecule has 110 valence electrons. The molecular formula is C15H14F3N3. The van der Waals surface area contributed by atoms with Crippen LogP contribution in [0, 0.1) is 0 Å². The fraction of sp³-hybridized carbons (Fsp3) is 0.133. The predicted octanol–water partition coefficient (Wildman–Crippen LogP) is 4.03. The largest absolute Gasteiger partial charge is 0.433 e. The Morgan fingerprint density at radius 2 is 1.76 bits per heavy atom. The zero-order chi connectivity index (χ0) is 15.5. The maximum Gasteiger partial charge on any atom is 0.433 e. The van der Waals surface area contributed by atoms with E-state index in [0.29, 0.717) is 16.9 Å². The van der Waals surface area contributed by atoms with Crippen molar-refractivity contribution in [2.45, 2.75) is 6.18 Å². The number of rotatable bonds is 4. The summed E-state index contributed by atoms with van der Waals surface area (Å²) in [5.41, 5.74) is 0.659. The number of nitrogens with zero attached hydrogens (tertiary/aromatic N) is 1. The minimum Gasteiger partial charge on any atom is -0.388 e. The van der Waals surface area contributed by atoms with Crippen LogP contribution in [0.15, 0.2) is 49.0 Å². The van der Waals surface area contributed by atoms with E-state index in [1.807, 2.05) is 6.07 Å². The quantitative estimate of drug-likeness (QED) is 0.893. The molecule has 1 aromatic carbocycles. The van der Waals surface area contributed by atoms with E-state index < -0.39 is 11.9 Å². The number of para-hydroxylation sites is 1. The molecule has 3 nitrogen and oxygen atoms in total. The third kappa shape index (κ3) is 3.53. The van der Waals surface area contributed by atoms with Gasteiger partial charge in [0.25, 0.3) is 0 Å². The van der Waals surface area contributed by atoms with Gasteiger partial charge in [0.2, 0.25) is 0 Å². The molecule has 1 heterocycles. The third-order valence-corrected chi connectivity index (χ3v) is 2.85. The Bertz CT molecular complexity index is 636. The maximum absolute atomic E-state index is 12.8. The van der Waals surface area contributed by atoms with Gasteiger partial charge in [-0.15, -0.1) is 0 Å². The number of pyridine rings is 1. The summed E-state index contributed by atoms with van der Waals surface area (Å²) in [6.45, 7) is 3.77. The van der Waals surface area contributed by atoms with E-state index in [2.05, 4.69) is 22.2 Å². The van der Waals surface area contributed by atoms with Crippen LogP contribution in [0.3, 0.4) is 0 Å². The van der Waals surface area contributed by atoms with Crippen molar-refractivity contribution < 1.29 is 13.2 Å². The molecule has 0 aliphatic heterocycles. The average molecular weight is 293 g/mol. The van der Waals surface area contributed by atoms with E-state index in [0.717, 1.165) is 6.07 Å². The van der Waals surface area contributed by atoms with Crippen LogP contribution in [0.1, 0.15) is 11.3 Å². The van der Waals surface area contributed by atoms with Crippen molar-refractivity contribution in [1.82, 2.24) is 10.3 Å². The van der Waals surface area contributed by atoms with E-state index >= 15 is 0 Å². The molecule has 0 saturated heterocycles. The van der Waals surface area contributed by atoms with Crippen LogP contribution >= 0.6 is 0 Å². The lowest BCUT2D eigenvalue weighted by atomic mass is 10.1. The Morgan fingerprint density at radius 1 is 1.10 bits per heavy atom. The second-order valence-electron chi connectivity index (χ2n) is 4.31. The molecule has 0 atom stereocenters. The topological polar surface area (TPSA) is 37.0 Å². The Balaban J connectivity index is 2.46. The van der Waals surface area contributed by atoms with Crippen molar-refractivity contribution in [3.05, 3.63) is 60.3 Å². The highest BCUT2D eigenvalue weighted by Crippen LogP contribution is 2.31. The lowest BCUT2D eigenvalue weighted by Gasteiger charge is -2.15. The van der Waals surface area contributed by atoms with Crippen LogP contribution in [0.5, 0.6) is 0 Å². The Hall–Kier alpha value is -2.50. The molecule has 0 aliphatic rings. The molecule has 0 bridgehead atoms. The molecule has 0 fully saturated rings. The normalized spacial score (nSPS) is 11.0. The van der Waals surface area contributed by atoms with Crippen LogP contribution in [-0.4, -0.2) is 12.0 Å². The first-order chi connectivity index (χ1) is 9.91. The molecule has 2 aromatic rings. The number of benzene rings is 1. The highest BCUT2D eigenvalue weighted by atomic mass is 19.4. The van der Waals surface area contributed by atoms with Crippen LogP contribution in [0.25, 0.3) is 5.70 Å². The van der Waals surface area contributed by atoms with Crippen molar-refractivity contribution in [2.24, 2.45) is 0 Å². The number of alkyl halides is 3. The van der Waals surface area contributed by atoms with Gasteiger partial charge >= 0.3 is 6.18 Å². The molecule has 0 spiro atoms. The van der Waals surface area contributed by atoms with Gasteiger partial charge in [0, 0.05) is 24.0 Å². The minimum atomic E-state index is -4.49. The Kier molecular flexibility index (Phi) is 4.16. The SMILES string of the molecule is C=C(NC)c1ccc(C(F)(F)F)nc1Nc1ccccc1. The summed E-state index contributed by atoms with van der Waals surface area (Å²) in [4.78, 5) is 3.67. The maximum atomic E-state index is 12.8. The zero-order valence-electron chi connectivity index (χ0n) is 11.3. The predicted molar refractivity (Wildman–Crippen MR) is 77.1 cm³/mol. The number of hydrogen-bond acceptors (Lipinski definition) is 3. The number of anilines is 2. The number of nitrogens with one attached hydrogen (secondary N) is 2. The van der Waals surface area contributed by atoms with E-state index in [-0.39, 0.29) is 5.82 Å². The van der Waals surface area contributed by atoms with E-state index in [1.165, 1.54) is 6.07 Å². The summed E-state index contributed by atoms with van der Waals surface area (Å²) in [6, 6.07) is 11.2. The summed E-state index contributed by atoms with van der Waals surface area (Å²) in [7, 11) is 1.65. The molecule has 0 radical (unpaired) electrons. The molecule has 1 aromatic heterocycles. The summed E-state index contributed by atoms with van der Waals surface area (Å²) >= 11 is 0. The monoisotopic (exact) mass is 293 g/mol. The molecule has 6 heteroatoms. The van der Waals surface area contributed by atoms with Crippen LogP contribution in [-0.2, 0) is 6.18 Å². The van der Waals surface area contributed by atoms with E-state index in [9.17, 15) is 13.2 Å². The van der Waals surface area contributed by atoms with Gasteiger partial charge in [-0.05, 0) is 24.3 Å². The first-order valence-corrected chi connectivity index (χ1v) is 6.19. The Labute approximate surface area is 120 Å². The van der Waals surface area contributed by atoms with Crippen LogP contribution < -0.4 is 10.6 Å². The van der Waals surface area contributed by atoms with Gasteiger partial charge in [0.05, 0.1) is 0 Å². The second kappa shape index (κ2) is 5.87. The molecule has 2 rings (SSSR count). The van der Waals surface area contributed by atoms with E-state index in [1.54, 1.807) is 31.3 Å². The van der Waals surface area contributed by atoms with Crippen molar-refractivity contribution in [3.63, 3.8) is 0 Å². The third-order valence-electron chi connectivity index (χ3n) is 2.85. The summed E-state index contributed by atoms with van der Waals surface area (Å²) in [6.07, 6.45) is -4.49. The standard InChI is InChI=1S/C15H14F3N3/c1-10(19-2)12-8-9-13(15(16,17)18)21-14(12)20-11-6-4-3-5-7-11/h3-9,19H,1H2,2H3,(H,20,21). The van der Waals surface area contributed by atoms with Gasteiger partial charge in [-0.25, -0.2) is 4.98 Å². The summed E-state index contributed by atoms with van der Waals surface area (Å²) < 4.78 is 38.4. The Morgan fingerprint density at radius 3 is 2.33 bits per heavy atom. The molecule has 0 unspecified atom stereocenters. The van der Waals surface area contributed by atoms with Crippen molar-refractivity contribution in [1.29, 1.82) is 0 Å². The van der Waals surface area contributed by atoms with Crippen molar-refractivity contribution in [2.75, 3.05) is 12.4 Å². The zero-order valence-corrected chi connectivity index (χ0v) is 11.3. The average Bonchev–Trinajstić information content (AvgIpc) is 2.46.